The van der Waals surface area contributed by atoms with E-state index >= 15 is 0 Å². The highest BCUT2D eigenvalue weighted by atomic mass is 35.5. The second-order valence-corrected chi connectivity index (χ2v) is 6.03. The third kappa shape index (κ3) is 2.67. The summed E-state index contributed by atoms with van der Waals surface area (Å²) in [5.74, 6) is 1.43. The summed E-state index contributed by atoms with van der Waals surface area (Å²) in [6.07, 6.45) is 2.17. The van der Waals surface area contributed by atoms with Gasteiger partial charge in [-0.3, -0.25) is 4.79 Å². The summed E-state index contributed by atoms with van der Waals surface area (Å²) in [5.41, 5.74) is 1.50. The predicted molar refractivity (Wildman–Crippen MR) is 88.7 cm³/mol. The van der Waals surface area contributed by atoms with Crippen LogP contribution in [0.5, 0.6) is 5.75 Å². The molecule has 1 saturated carbocycles. The first-order chi connectivity index (χ1) is 11.7. The minimum absolute atomic E-state index is 0.288. The van der Waals surface area contributed by atoms with Crippen LogP contribution in [-0.2, 0) is 0 Å². The normalized spacial score (nSPS) is 13.9. The molecule has 0 spiro atoms. The summed E-state index contributed by atoms with van der Waals surface area (Å²) in [6.45, 7) is 0. The van der Waals surface area contributed by atoms with Crippen molar-refractivity contribution in [2.24, 2.45) is 0 Å². The highest BCUT2D eigenvalue weighted by molar-refractivity contribution is 6.32. The maximum atomic E-state index is 12.4. The Morgan fingerprint density at radius 2 is 2.12 bits per heavy atom. The van der Waals surface area contributed by atoms with Crippen LogP contribution in [0.4, 0.5) is 5.69 Å². The van der Waals surface area contributed by atoms with E-state index in [-0.39, 0.29) is 11.6 Å². The van der Waals surface area contributed by atoms with E-state index in [4.69, 9.17) is 16.3 Å². The summed E-state index contributed by atoms with van der Waals surface area (Å²) in [5, 5.41) is 15.8. The molecule has 0 bridgehead atoms. The molecule has 1 N–H and O–H groups in total. The molecule has 8 heteroatoms. The Morgan fingerprint density at radius 3 is 2.83 bits per heavy atom. The van der Waals surface area contributed by atoms with E-state index in [1.165, 1.54) is 7.11 Å². The SMILES string of the molecule is COc1ccc(NC(=O)c2ccc3nnc(C4CC4)n3n2)cc1Cl. The Balaban J connectivity index is 1.61. The second-order valence-electron chi connectivity index (χ2n) is 5.62. The number of carbonyl (C=O) groups excluding carboxylic acids is 1. The van der Waals surface area contributed by atoms with Gasteiger partial charge in [0, 0.05) is 11.6 Å². The molecule has 2 heterocycles. The Morgan fingerprint density at radius 1 is 1.29 bits per heavy atom. The summed E-state index contributed by atoms with van der Waals surface area (Å²) in [4.78, 5) is 12.4. The second kappa shape index (κ2) is 5.76. The molecule has 0 atom stereocenters. The van der Waals surface area contributed by atoms with Crippen LogP contribution in [0.15, 0.2) is 30.3 Å². The van der Waals surface area contributed by atoms with Crippen molar-refractivity contribution >= 4 is 28.8 Å². The van der Waals surface area contributed by atoms with Crippen molar-refractivity contribution in [2.75, 3.05) is 12.4 Å². The summed E-state index contributed by atoms with van der Waals surface area (Å²) in [7, 11) is 1.54. The van der Waals surface area contributed by atoms with E-state index in [9.17, 15) is 4.79 Å². The number of halogens is 1. The van der Waals surface area contributed by atoms with Crippen molar-refractivity contribution in [3.63, 3.8) is 0 Å². The third-order valence-electron chi connectivity index (χ3n) is 3.87. The van der Waals surface area contributed by atoms with Crippen LogP contribution in [0, 0.1) is 0 Å². The fourth-order valence-corrected chi connectivity index (χ4v) is 2.72. The van der Waals surface area contributed by atoms with Gasteiger partial charge in [0.2, 0.25) is 0 Å². The fourth-order valence-electron chi connectivity index (χ4n) is 2.46. The number of ether oxygens (including phenoxy) is 1. The maximum Gasteiger partial charge on any atom is 0.276 e. The number of methoxy groups -OCH3 is 1. The van der Waals surface area contributed by atoms with Crippen molar-refractivity contribution in [1.82, 2.24) is 19.8 Å². The van der Waals surface area contributed by atoms with Gasteiger partial charge < -0.3 is 10.1 Å². The number of carbonyl (C=O) groups is 1. The lowest BCUT2D eigenvalue weighted by Gasteiger charge is -2.08. The predicted octanol–water partition coefficient (Wildman–Crippen LogP) is 2.92. The van der Waals surface area contributed by atoms with Crippen molar-refractivity contribution in [2.45, 2.75) is 18.8 Å². The quantitative estimate of drug-likeness (QED) is 0.787. The number of aromatic nitrogens is 4. The molecular weight excluding hydrogens is 330 g/mol. The van der Waals surface area contributed by atoms with Gasteiger partial charge in [-0.15, -0.1) is 10.2 Å². The standard InChI is InChI=1S/C16H14ClN5O2/c1-24-13-6-4-10(8-11(13)17)18-16(23)12-5-7-14-19-20-15(9-2-3-9)22(14)21-12/h4-9H,2-3H2,1H3,(H,18,23). The topological polar surface area (TPSA) is 81.4 Å². The highest BCUT2D eigenvalue weighted by Crippen LogP contribution is 2.38. The molecule has 0 radical (unpaired) electrons. The van der Waals surface area contributed by atoms with Crippen LogP contribution < -0.4 is 10.1 Å². The maximum absolute atomic E-state index is 12.4. The summed E-state index contributed by atoms with van der Waals surface area (Å²) >= 11 is 6.07. The van der Waals surface area contributed by atoms with Crippen LogP contribution in [0.3, 0.4) is 0 Å². The molecule has 0 unspecified atom stereocenters. The lowest BCUT2D eigenvalue weighted by Crippen LogP contribution is -2.15. The largest absolute Gasteiger partial charge is 0.495 e. The molecule has 0 saturated heterocycles. The lowest BCUT2D eigenvalue weighted by atomic mass is 10.3. The van der Waals surface area contributed by atoms with Crippen LogP contribution in [-0.4, -0.2) is 32.8 Å². The van der Waals surface area contributed by atoms with Gasteiger partial charge in [0.1, 0.15) is 11.4 Å². The minimum Gasteiger partial charge on any atom is -0.495 e. The zero-order valence-corrected chi connectivity index (χ0v) is 13.6. The van der Waals surface area contributed by atoms with Crippen LogP contribution in [0.2, 0.25) is 5.02 Å². The van der Waals surface area contributed by atoms with Crippen molar-refractivity contribution in [3.8, 4) is 5.75 Å². The molecule has 1 aliphatic rings. The summed E-state index contributed by atoms with van der Waals surface area (Å²) < 4.78 is 6.74. The number of benzene rings is 1. The average Bonchev–Trinajstić information content (AvgIpc) is 3.34. The molecule has 1 amide bonds. The number of nitrogens with one attached hydrogen (secondary N) is 1. The Kier molecular flexibility index (Phi) is 3.57. The van der Waals surface area contributed by atoms with Gasteiger partial charge in [-0.1, -0.05) is 11.6 Å². The number of hydrogen-bond donors (Lipinski definition) is 1. The van der Waals surface area contributed by atoms with Crippen molar-refractivity contribution in [1.29, 1.82) is 0 Å². The molecule has 1 fully saturated rings. The van der Waals surface area contributed by atoms with Gasteiger partial charge in [-0.05, 0) is 43.2 Å². The van der Waals surface area contributed by atoms with E-state index in [0.717, 1.165) is 18.7 Å². The third-order valence-corrected chi connectivity index (χ3v) is 4.17. The van der Waals surface area contributed by atoms with Crippen LogP contribution in [0.25, 0.3) is 5.65 Å². The smallest absolute Gasteiger partial charge is 0.276 e. The van der Waals surface area contributed by atoms with Gasteiger partial charge in [-0.2, -0.15) is 9.61 Å². The van der Waals surface area contributed by atoms with Crippen molar-refractivity contribution in [3.05, 3.63) is 46.9 Å². The van der Waals surface area contributed by atoms with E-state index in [2.05, 4.69) is 20.6 Å². The molecule has 2 aromatic heterocycles. The van der Waals surface area contributed by atoms with Crippen molar-refractivity contribution < 1.29 is 9.53 Å². The summed E-state index contributed by atoms with van der Waals surface area (Å²) in [6, 6.07) is 8.41. The molecular formula is C16H14ClN5O2. The Bertz CT molecular complexity index is 935. The van der Waals surface area contributed by atoms with Crippen LogP contribution in [0.1, 0.15) is 35.1 Å². The van der Waals surface area contributed by atoms with Gasteiger partial charge in [0.05, 0.1) is 12.1 Å². The minimum atomic E-state index is -0.325. The molecule has 3 aromatic rings. The highest BCUT2D eigenvalue weighted by Gasteiger charge is 2.29. The molecule has 1 aliphatic carbocycles. The van der Waals surface area contributed by atoms with E-state index in [0.29, 0.717) is 28.0 Å². The number of fused-ring (bicyclic) bond motifs is 1. The lowest BCUT2D eigenvalue weighted by molar-refractivity contribution is 0.102. The van der Waals surface area contributed by atoms with Gasteiger partial charge in [0.15, 0.2) is 11.5 Å². The number of nitrogens with zero attached hydrogens (tertiary/aromatic N) is 4. The molecule has 122 valence electrons. The average molecular weight is 344 g/mol. The van der Waals surface area contributed by atoms with E-state index < -0.39 is 0 Å². The fraction of sp³-hybridized carbons (Fsp3) is 0.250. The van der Waals surface area contributed by atoms with E-state index in [1.54, 1.807) is 34.8 Å². The molecule has 0 aliphatic heterocycles. The van der Waals surface area contributed by atoms with E-state index in [1.807, 2.05) is 0 Å². The zero-order chi connectivity index (χ0) is 16.7. The first kappa shape index (κ1) is 14.9. The first-order valence-electron chi connectivity index (χ1n) is 7.53. The van der Waals surface area contributed by atoms with Gasteiger partial charge >= 0.3 is 0 Å². The number of hydrogen-bond acceptors (Lipinski definition) is 5. The van der Waals surface area contributed by atoms with Gasteiger partial charge in [-0.25, -0.2) is 0 Å². The molecule has 1 aromatic carbocycles. The molecule has 24 heavy (non-hydrogen) atoms. The molecule has 7 nitrogen and oxygen atoms in total. The van der Waals surface area contributed by atoms with Crippen LogP contribution >= 0.6 is 11.6 Å². The molecule has 4 rings (SSSR count). The van der Waals surface area contributed by atoms with Gasteiger partial charge in [0.25, 0.3) is 5.91 Å². The Hall–Kier alpha value is -2.67. The monoisotopic (exact) mass is 343 g/mol. The zero-order valence-electron chi connectivity index (χ0n) is 12.9. The number of rotatable bonds is 4. The number of amides is 1. The number of anilines is 1. The Labute approximate surface area is 142 Å². The first-order valence-corrected chi connectivity index (χ1v) is 7.91.